The van der Waals surface area contributed by atoms with Crippen LogP contribution in [-0.4, -0.2) is 38.9 Å². The molecule has 0 saturated carbocycles. The van der Waals surface area contributed by atoms with E-state index in [1.165, 1.54) is 32.9 Å². The van der Waals surface area contributed by atoms with Crippen LogP contribution in [-0.2, 0) is 15.8 Å². The number of carbonyl (C=O) groups excluding carboxylic acids is 1. The predicted octanol–water partition coefficient (Wildman–Crippen LogP) is 6.24. The number of esters is 1. The van der Waals surface area contributed by atoms with Crippen LogP contribution in [0.2, 0.25) is 0 Å². The van der Waals surface area contributed by atoms with Crippen molar-refractivity contribution in [2.45, 2.75) is 43.8 Å². The standard InChI is InChI=1S/C27H26BrF3N2O3S/c1-26(2,3)37(35)33-24(27(29,30)31)23(25(34)36-21-16-14-20(28)15-17-21)32-22(18-10-6-4-7-11-18)19-12-8-5-9-13-19/h4-17,23-24,33H,1-3H3/t23-,24-,37?/m0/s1. The van der Waals surface area contributed by atoms with E-state index in [-0.39, 0.29) is 11.5 Å². The maximum atomic E-state index is 14.4. The summed E-state index contributed by atoms with van der Waals surface area (Å²) in [6, 6.07) is 18.5. The highest BCUT2D eigenvalue weighted by atomic mass is 79.9. The molecule has 10 heteroatoms. The molecular formula is C27H26BrF3N2O3S. The Morgan fingerprint density at radius 1 is 0.892 bits per heavy atom. The maximum absolute atomic E-state index is 14.4. The van der Waals surface area contributed by atoms with Crippen molar-refractivity contribution in [2.75, 3.05) is 0 Å². The Labute approximate surface area is 224 Å². The first kappa shape index (κ1) is 28.7. The molecule has 3 rings (SSSR count). The van der Waals surface area contributed by atoms with Crippen LogP contribution < -0.4 is 9.46 Å². The van der Waals surface area contributed by atoms with E-state index in [1.54, 1.807) is 72.8 Å². The average molecular weight is 595 g/mol. The van der Waals surface area contributed by atoms with Gasteiger partial charge >= 0.3 is 12.1 Å². The second-order valence-electron chi connectivity index (χ2n) is 9.05. The quantitative estimate of drug-likeness (QED) is 0.191. The summed E-state index contributed by atoms with van der Waals surface area (Å²) in [5, 5.41) is 0. The van der Waals surface area contributed by atoms with Crippen LogP contribution >= 0.6 is 15.9 Å². The van der Waals surface area contributed by atoms with E-state index in [0.29, 0.717) is 15.6 Å². The highest BCUT2D eigenvalue weighted by Crippen LogP contribution is 2.28. The molecule has 3 aromatic rings. The fraction of sp³-hybridized carbons (Fsp3) is 0.259. The molecule has 37 heavy (non-hydrogen) atoms. The van der Waals surface area contributed by atoms with Crippen LogP contribution in [0.4, 0.5) is 13.2 Å². The Morgan fingerprint density at radius 2 is 1.38 bits per heavy atom. The van der Waals surface area contributed by atoms with Gasteiger partial charge in [-0.3, -0.25) is 4.99 Å². The molecule has 0 radical (unpaired) electrons. The van der Waals surface area contributed by atoms with E-state index < -0.39 is 40.0 Å². The Morgan fingerprint density at radius 3 is 1.81 bits per heavy atom. The summed E-state index contributed by atoms with van der Waals surface area (Å²) in [6.45, 7) is 4.59. The van der Waals surface area contributed by atoms with Crippen molar-refractivity contribution in [3.05, 3.63) is 101 Å². The highest BCUT2D eigenvalue weighted by Gasteiger charge is 2.50. The van der Waals surface area contributed by atoms with Gasteiger partial charge in [-0.1, -0.05) is 76.6 Å². The summed E-state index contributed by atoms with van der Waals surface area (Å²) in [7, 11) is -2.16. The first-order chi connectivity index (χ1) is 17.4. The zero-order valence-corrected chi connectivity index (χ0v) is 22.7. The van der Waals surface area contributed by atoms with Crippen molar-refractivity contribution in [3.63, 3.8) is 0 Å². The SMILES string of the molecule is CC(C)(C)S(=O)N[C@@H]([C@H](N=C(c1ccccc1)c1ccccc1)C(=O)Oc1ccc(Br)cc1)C(F)(F)F. The molecule has 0 heterocycles. The third-order valence-electron chi connectivity index (χ3n) is 5.09. The van der Waals surface area contributed by atoms with E-state index in [2.05, 4.69) is 25.6 Å². The Kier molecular flexibility index (Phi) is 9.44. The summed E-state index contributed by atoms with van der Waals surface area (Å²) in [5.41, 5.74) is 1.18. The molecule has 0 aliphatic heterocycles. The summed E-state index contributed by atoms with van der Waals surface area (Å²) >= 11 is 3.27. The van der Waals surface area contributed by atoms with Gasteiger partial charge in [-0.2, -0.15) is 13.2 Å². The molecule has 196 valence electrons. The molecule has 0 aromatic heterocycles. The number of ether oxygens (including phenoxy) is 1. The number of alkyl halides is 3. The van der Waals surface area contributed by atoms with Gasteiger partial charge in [-0.25, -0.2) is 13.7 Å². The van der Waals surface area contributed by atoms with Crippen LogP contribution in [0.5, 0.6) is 5.75 Å². The minimum Gasteiger partial charge on any atom is -0.425 e. The van der Waals surface area contributed by atoms with Gasteiger partial charge in [0.25, 0.3) is 0 Å². The summed E-state index contributed by atoms with van der Waals surface area (Å²) in [6.07, 6.45) is -4.98. The van der Waals surface area contributed by atoms with Crippen molar-refractivity contribution < 1.29 is 26.9 Å². The molecule has 0 saturated heterocycles. The van der Waals surface area contributed by atoms with Crippen LogP contribution in [0.25, 0.3) is 0 Å². The van der Waals surface area contributed by atoms with E-state index in [0.717, 1.165) is 0 Å². The molecule has 0 aliphatic rings. The number of aliphatic imine (C=N–C) groups is 1. The predicted molar refractivity (Wildman–Crippen MR) is 143 cm³/mol. The van der Waals surface area contributed by atoms with E-state index in [9.17, 15) is 22.2 Å². The van der Waals surface area contributed by atoms with Gasteiger partial charge in [0.1, 0.15) is 11.8 Å². The second-order valence-corrected chi connectivity index (χ2v) is 12.0. The molecule has 3 aromatic carbocycles. The van der Waals surface area contributed by atoms with Gasteiger partial charge in [0.15, 0.2) is 6.04 Å². The lowest BCUT2D eigenvalue weighted by molar-refractivity contribution is -0.165. The molecule has 1 unspecified atom stereocenters. The molecule has 0 bridgehead atoms. The summed E-state index contributed by atoms with van der Waals surface area (Å²) in [4.78, 5) is 17.7. The number of nitrogens with zero attached hydrogens (tertiary/aromatic N) is 1. The topological polar surface area (TPSA) is 67.8 Å². The number of rotatable bonds is 8. The lowest BCUT2D eigenvalue weighted by Gasteiger charge is -2.29. The molecule has 0 aliphatic carbocycles. The second kappa shape index (κ2) is 12.1. The monoisotopic (exact) mass is 594 g/mol. The van der Waals surface area contributed by atoms with Gasteiger partial charge < -0.3 is 4.74 Å². The lowest BCUT2D eigenvalue weighted by atomic mass is 10.0. The molecule has 5 nitrogen and oxygen atoms in total. The van der Waals surface area contributed by atoms with Gasteiger partial charge in [0.05, 0.1) is 21.4 Å². The smallest absolute Gasteiger partial charge is 0.407 e. The first-order valence-electron chi connectivity index (χ1n) is 11.3. The first-order valence-corrected chi connectivity index (χ1v) is 13.2. The zero-order valence-electron chi connectivity index (χ0n) is 20.3. The summed E-state index contributed by atoms with van der Waals surface area (Å²) < 4.78 is 63.2. The minimum atomic E-state index is -4.98. The average Bonchev–Trinajstić information content (AvgIpc) is 2.84. The Hall–Kier alpha value is -2.82. The molecule has 1 N–H and O–H groups in total. The van der Waals surface area contributed by atoms with Gasteiger partial charge in [-0.15, -0.1) is 0 Å². The van der Waals surface area contributed by atoms with Crippen molar-refractivity contribution in [2.24, 2.45) is 4.99 Å². The normalized spacial score (nSPS) is 14.4. The zero-order chi connectivity index (χ0) is 27.2. The Bertz CT molecular complexity index is 1200. The van der Waals surface area contributed by atoms with Crippen LogP contribution in [0.15, 0.2) is 94.4 Å². The van der Waals surface area contributed by atoms with Crippen molar-refractivity contribution in [1.29, 1.82) is 0 Å². The van der Waals surface area contributed by atoms with Crippen LogP contribution in [0.1, 0.15) is 31.9 Å². The highest BCUT2D eigenvalue weighted by molar-refractivity contribution is 9.10. The van der Waals surface area contributed by atoms with Gasteiger partial charge in [0.2, 0.25) is 0 Å². The number of carbonyl (C=O) groups is 1. The van der Waals surface area contributed by atoms with E-state index in [1.807, 2.05) is 0 Å². The maximum Gasteiger partial charge on any atom is 0.407 e. The number of hydrogen-bond acceptors (Lipinski definition) is 4. The Balaban J connectivity index is 2.17. The van der Waals surface area contributed by atoms with Crippen LogP contribution in [0.3, 0.4) is 0 Å². The lowest BCUT2D eigenvalue weighted by Crippen LogP contribution is -2.56. The molecule has 0 spiro atoms. The minimum absolute atomic E-state index is 0.0484. The molecular weight excluding hydrogens is 569 g/mol. The number of halogens is 4. The van der Waals surface area contributed by atoms with Crippen molar-refractivity contribution in [1.82, 2.24) is 4.72 Å². The fourth-order valence-corrected chi connectivity index (χ4v) is 4.30. The van der Waals surface area contributed by atoms with Gasteiger partial charge in [0, 0.05) is 15.6 Å². The molecule has 0 fully saturated rings. The molecule has 3 atom stereocenters. The molecule has 0 amide bonds. The van der Waals surface area contributed by atoms with Crippen molar-refractivity contribution in [3.8, 4) is 5.75 Å². The fourth-order valence-electron chi connectivity index (χ4n) is 3.19. The largest absolute Gasteiger partial charge is 0.425 e. The number of hydrogen-bond donors (Lipinski definition) is 1. The van der Waals surface area contributed by atoms with E-state index >= 15 is 0 Å². The third-order valence-corrected chi connectivity index (χ3v) is 7.20. The number of nitrogens with one attached hydrogen (secondary N) is 1. The van der Waals surface area contributed by atoms with E-state index in [4.69, 9.17) is 4.74 Å². The van der Waals surface area contributed by atoms with Crippen LogP contribution in [0, 0.1) is 0 Å². The van der Waals surface area contributed by atoms with Crippen molar-refractivity contribution >= 4 is 38.6 Å². The number of benzene rings is 3. The third kappa shape index (κ3) is 8.08. The van der Waals surface area contributed by atoms with Gasteiger partial charge in [-0.05, 0) is 45.0 Å². The summed E-state index contributed by atoms with van der Waals surface area (Å²) in [5.74, 6) is -1.19.